The van der Waals surface area contributed by atoms with Crippen molar-refractivity contribution in [1.82, 2.24) is 15.5 Å². The molecular formula is C17H27IN4. The molecular weight excluding hydrogens is 387 g/mol. The van der Waals surface area contributed by atoms with Crippen molar-refractivity contribution in [3.63, 3.8) is 0 Å². The molecule has 1 saturated heterocycles. The molecule has 0 spiro atoms. The van der Waals surface area contributed by atoms with Crippen molar-refractivity contribution in [2.45, 2.75) is 32.2 Å². The van der Waals surface area contributed by atoms with Gasteiger partial charge in [0, 0.05) is 19.6 Å². The first-order chi connectivity index (χ1) is 10.3. The lowest BCUT2D eigenvalue weighted by atomic mass is 10.0. The van der Waals surface area contributed by atoms with Crippen LogP contribution in [-0.4, -0.2) is 43.6 Å². The fourth-order valence-corrected chi connectivity index (χ4v) is 3.14. The van der Waals surface area contributed by atoms with Crippen LogP contribution in [0.4, 0.5) is 0 Å². The average molecular weight is 414 g/mol. The molecule has 0 aromatic heterocycles. The van der Waals surface area contributed by atoms with Gasteiger partial charge in [0.25, 0.3) is 0 Å². The molecule has 0 bridgehead atoms. The molecule has 2 aliphatic heterocycles. The molecule has 1 aromatic rings. The summed E-state index contributed by atoms with van der Waals surface area (Å²) in [5.41, 5.74) is 2.73. The van der Waals surface area contributed by atoms with Gasteiger partial charge >= 0.3 is 0 Å². The lowest BCUT2D eigenvalue weighted by molar-refractivity contribution is 0.245. The summed E-state index contributed by atoms with van der Waals surface area (Å²) in [4.78, 5) is 7.11. The summed E-state index contributed by atoms with van der Waals surface area (Å²) < 4.78 is 0. The first-order valence-electron chi connectivity index (χ1n) is 8.16. The SMILES string of the molecule is Cc1ccc(C(CNC2=NCCCN2)N2CCCC2)cc1.I. The van der Waals surface area contributed by atoms with E-state index in [9.17, 15) is 0 Å². The molecule has 0 amide bonds. The van der Waals surface area contributed by atoms with E-state index in [1.807, 2.05) is 0 Å². The lowest BCUT2D eigenvalue weighted by Gasteiger charge is -2.29. The number of halogens is 1. The number of likely N-dealkylation sites (tertiary alicyclic amines) is 1. The molecule has 0 saturated carbocycles. The van der Waals surface area contributed by atoms with E-state index in [1.165, 1.54) is 37.1 Å². The predicted octanol–water partition coefficient (Wildman–Crippen LogP) is 2.69. The number of nitrogens with zero attached hydrogens (tertiary/aromatic N) is 2. The van der Waals surface area contributed by atoms with Crippen LogP contribution < -0.4 is 10.6 Å². The van der Waals surface area contributed by atoms with Crippen molar-refractivity contribution in [2.75, 3.05) is 32.7 Å². The Hall–Kier alpha value is -0.820. The summed E-state index contributed by atoms with van der Waals surface area (Å²) in [6.07, 6.45) is 3.78. The zero-order valence-electron chi connectivity index (χ0n) is 13.3. The Morgan fingerprint density at radius 2 is 1.91 bits per heavy atom. The first-order valence-corrected chi connectivity index (χ1v) is 8.16. The molecule has 122 valence electrons. The van der Waals surface area contributed by atoms with E-state index < -0.39 is 0 Å². The highest BCUT2D eigenvalue weighted by Gasteiger charge is 2.23. The largest absolute Gasteiger partial charge is 0.356 e. The summed E-state index contributed by atoms with van der Waals surface area (Å²) in [7, 11) is 0. The third-order valence-corrected chi connectivity index (χ3v) is 4.40. The molecule has 2 aliphatic rings. The number of aliphatic imine (C=N–C) groups is 1. The first kappa shape index (κ1) is 17.5. The number of nitrogens with one attached hydrogen (secondary N) is 2. The Labute approximate surface area is 150 Å². The van der Waals surface area contributed by atoms with Gasteiger partial charge in [0.05, 0.1) is 6.04 Å². The van der Waals surface area contributed by atoms with Crippen molar-refractivity contribution in [1.29, 1.82) is 0 Å². The topological polar surface area (TPSA) is 39.7 Å². The molecule has 4 nitrogen and oxygen atoms in total. The monoisotopic (exact) mass is 414 g/mol. The van der Waals surface area contributed by atoms with E-state index >= 15 is 0 Å². The number of aryl methyl sites for hydroxylation is 1. The van der Waals surface area contributed by atoms with Crippen LogP contribution in [0.3, 0.4) is 0 Å². The van der Waals surface area contributed by atoms with Crippen LogP contribution in [-0.2, 0) is 0 Å². The Morgan fingerprint density at radius 1 is 1.18 bits per heavy atom. The van der Waals surface area contributed by atoms with Gasteiger partial charge in [-0.15, -0.1) is 24.0 Å². The molecule has 1 atom stereocenters. The van der Waals surface area contributed by atoms with Gasteiger partial charge in [0.2, 0.25) is 0 Å². The minimum Gasteiger partial charge on any atom is -0.356 e. The Kier molecular flexibility index (Phi) is 6.95. The van der Waals surface area contributed by atoms with Crippen LogP contribution in [0.2, 0.25) is 0 Å². The Bertz CT molecular complexity index is 480. The third kappa shape index (κ3) is 4.59. The number of rotatable bonds is 4. The standard InChI is InChI=1S/C17H26N4.HI/c1-14-5-7-15(8-6-14)16(21-11-2-3-12-21)13-20-17-18-9-4-10-19-17;/h5-8,16H,2-4,9-13H2,1H3,(H2,18,19,20);1H. The molecule has 0 aliphatic carbocycles. The summed E-state index contributed by atoms with van der Waals surface area (Å²) >= 11 is 0. The molecule has 1 unspecified atom stereocenters. The van der Waals surface area contributed by atoms with E-state index in [0.717, 1.165) is 32.0 Å². The van der Waals surface area contributed by atoms with E-state index in [2.05, 4.69) is 51.7 Å². The van der Waals surface area contributed by atoms with Gasteiger partial charge in [-0.05, 0) is 44.8 Å². The maximum atomic E-state index is 4.51. The Morgan fingerprint density at radius 3 is 2.55 bits per heavy atom. The molecule has 1 fully saturated rings. The highest BCUT2D eigenvalue weighted by atomic mass is 127. The van der Waals surface area contributed by atoms with Crippen molar-refractivity contribution < 1.29 is 0 Å². The van der Waals surface area contributed by atoms with Crippen LogP contribution in [0.5, 0.6) is 0 Å². The fourth-order valence-electron chi connectivity index (χ4n) is 3.14. The van der Waals surface area contributed by atoms with Crippen molar-refractivity contribution >= 4 is 29.9 Å². The van der Waals surface area contributed by atoms with Crippen LogP contribution in [0.1, 0.15) is 36.4 Å². The highest BCUT2D eigenvalue weighted by molar-refractivity contribution is 14.0. The van der Waals surface area contributed by atoms with E-state index in [-0.39, 0.29) is 24.0 Å². The van der Waals surface area contributed by atoms with Gasteiger partial charge < -0.3 is 10.6 Å². The fraction of sp³-hybridized carbons (Fsp3) is 0.588. The van der Waals surface area contributed by atoms with Crippen molar-refractivity contribution in [3.05, 3.63) is 35.4 Å². The molecule has 2 N–H and O–H groups in total. The third-order valence-electron chi connectivity index (χ3n) is 4.40. The predicted molar refractivity (Wildman–Crippen MR) is 103 cm³/mol. The minimum absolute atomic E-state index is 0. The van der Waals surface area contributed by atoms with Gasteiger partial charge in [0.1, 0.15) is 0 Å². The van der Waals surface area contributed by atoms with E-state index in [0.29, 0.717) is 6.04 Å². The van der Waals surface area contributed by atoms with Gasteiger partial charge in [-0.25, -0.2) is 0 Å². The second-order valence-corrected chi connectivity index (χ2v) is 6.06. The summed E-state index contributed by atoms with van der Waals surface area (Å²) in [6.45, 7) is 7.46. The molecule has 2 heterocycles. The van der Waals surface area contributed by atoms with Gasteiger partial charge in [0.15, 0.2) is 5.96 Å². The summed E-state index contributed by atoms with van der Waals surface area (Å²) in [5, 5.41) is 6.85. The number of guanidine groups is 1. The molecule has 0 radical (unpaired) electrons. The summed E-state index contributed by atoms with van der Waals surface area (Å²) in [5.74, 6) is 0.970. The molecule has 3 rings (SSSR count). The second-order valence-electron chi connectivity index (χ2n) is 6.06. The Balaban J connectivity index is 0.00000176. The van der Waals surface area contributed by atoms with Crippen LogP contribution in [0.15, 0.2) is 29.3 Å². The van der Waals surface area contributed by atoms with Crippen LogP contribution >= 0.6 is 24.0 Å². The highest BCUT2D eigenvalue weighted by Crippen LogP contribution is 2.24. The van der Waals surface area contributed by atoms with Crippen LogP contribution in [0.25, 0.3) is 0 Å². The van der Waals surface area contributed by atoms with Gasteiger partial charge in [-0.2, -0.15) is 0 Å². The zero-order chi connectivity index (χ0) is 14.5. The number of benzene rings is 1. The summed E-state index contributed by atoms with van der Waals surface area (Å²) in [6, 6.07) is 9.43. The molecule has 1 aromatic carbocycles. The van der Waals surface area contributed by atoms with Crippen molar-refractivity contribution in [2.24, 2.45) is 4.99 Å². The lowest BCUT2D eigenvalue weighted by Crippen LogP contribution is -2.44. The van der Waals surface area contributed by atoms with Gasteiger partial charge in [-0.3, -0.25) is 9.89 Å². The second kappa shape index (κ2) is 8.72. The van der Waals surface area contributed by atoms with Crippen LogP contribution in [0, 0.1) is 6.92 Å². The van der Waals surface area contributed by atoms with Gasteiger partial charge in [-0.1, -0.05) is 29.8 Å². The van der Waals surface area contributed by atoms with E-state index in [4.69, 9.17) is 0 Å². The zero-order valence-corrected chi connectivity index (χ0v) is 15.7. The minimum atomic E-state index is 0. The smallest absolute Gasteiger partial charge is 0.191 e. The maximum absolute atomic E-state index is 4.51. The normalized spacial score (nSPS) is 19.8. The van der Waals surface area contributed by atoms with E-state index in [1.54, 1.807) is 0 Å². The molecule has 22 heavy (non-hydrogen) atoms. The number of hydrogen-bond acceptors (Lipinski definition) is 4. The molecule has 5 heteroatoms. The quantitative estimate of drug-likeness (QED) is 0.745. The average Bonchev–Trinajstić information content (AvgIpc) is 3.04. The number of hydrogen-bond donors (Lipinski definition) is 2. The van der Waals surface area contributed by atoms with Crippen molar-refractivity contribution in [3.8, 4) is 0 Å². The maximum Gasteiger partial charge on any atom is 0.191 e.